The molecule has 0 radical (unpaired) electrons. The first kappa shape index (κ1) is 25.7. The molecule has 0 aliphatic rings. The van der Waals surface area contributed by atoms with Gasteiger partial charge < -0.3 is 24.8 Å². The molecule has 0 fully saturated rings. The second kappa shape index (κ2) is 12.4. The smallest absolute Gasteiger partial charge is 0.493 e. The molecule has 166 valence electrons. The molecule has 2 N–H and O–H groups in total. The number of nitrogens with zero attached hydrogens (tertiary/aromatic N) is 1. The van der Waals surface area contributed by atoms with Crippen LogP contribution in [-0.2, 0) is 13.1 Å². The van der Waals surface area contributed by atoms with Crippen LogP contribution in [0.15, 0.2) is 47.5 Å². The highest BCUT2D eigenvalue weighted by Gasteiger charge is 2.31. The van der Waals surface area contributed by atoms with Crippen molar-refractivity contribution in [2.45, 2.75) is 26.4 Å². The molecule has 0 spiro atoms. The van der Waals surface area contributed by atoms with Crippen LogP contribution < -0.4 is 24.8 Å². The highest BCUT2D eigenvalue weighted by molar-refractivity contribution is 14.0. The van der Waals surface area contributed by atoms with Gasteiger partial charge in [0.1, 0.15) is 5.75 Å². The summed E-state index contributed by atoms with van der Waals surface area (Å²) >= 11 is 0. The third-order valence-electron chi connectivity index (χ3n) is 3.88. The lowest BCUT2D eigenvalue weighted by atomic mass is 10.2. The standard InChI is InChI=1S/C20H24F3N3O3.HI/c1-4-24-19(26-13-15-9-7-11-17(27-2)18(15)28-3)25-12-14-8-5-6-10-16(14)29-20(21,22)23;/h5-11H,4,12-13H2,1-3H3,(H2,24,25,26);1H. The molecule has 2 aromatic rings. The molecule has 10 heteroatoms. The Hall–Kier alpha value is -2.37. The Morgan fingerprint density at radius 2 is 1.60 bits per heavy atom. The summed E-state index contributed by atoms with van der Waals surface area (Å²) in [6, 6.07) is 11.4. The van der Waals surface area contributed by atoms with Gasteiger partial charge in [0.25, 0.3) is 0 Å². The number of methoxy groups -OCH3 is 2. The van der Waals surface area contributed by atoms with E-state index in [1.807, 2.05) is 19.1 Å². The van der Waals surface area contributed by atoms with Crippen molar-refractivity contribution >= 4 is 29.9 Å². The van der Waals surface area contributed by atoms with Gasteiger partial charge >= 0.3 is 6.36 Å². The summed E-state index contributed by atoms with van der Waals surface area (Å²) in [7, 11) is 3.10. The van der Waals surface area contributed by atoms with E-state index in [1.54, 1.807) is 32.4 Å². The summed E-state index contributed by atoms with van der Waals surface area (Å²) in [4.78, 5) is 4.48. The monoisotopic (exact) mass is 539 g/mol. The van der Waals surface area contributed by atoms with Gasteiger partial charge in [0, 0.05) is 24.2 Å². The van der Waals surface area contributed by atoms with Crippen LogP contribution in [0.1, 0.15) is 18.1 Å². The lowest BCUT2D eigenvalue weighted by molar-refractivity contribution is -0.274. The fraction of sp³-hybridized carbons (Fsp3) is 0.350. The molecule has 0 bridgehead atoms. The Kier molecular flexibility index (Phi) is 10.6. The molecule has 0 amide bonds. The van der Waals surface area contributed by atoms with Gasteiger partial charge in [-0.2, -0.15) is 0 Å². The number of halogens is 4. The Morgan fingerprint density at radius 3 is 2.23 bits per heavy atom. The number of para-hydroxylation sites is 2. The van der Waals surface area contributed by atoms with Crippen LogP contribution in [0.25, 0.3) is 0 Å². The van der Waals surface area contributed by atoms with E-state index in [0.29, 0.717) is 29.6 Å². The topological polar surface area (TPSA) is 64.1 Å². The molecule has 0 aromatic heterocycles. The van der Waals surface area contributed by atoms with Gasteiger partial charge in [0.05, 0.1) is 20.8 Å². The van der Waals surface area contributed by atoms with Crippen molar-refractivity contribution < 1.29 is 27.4 Å². The molecule has 0 saturated heterocycles. The number of benzene rings is 2. The van der Waals surface area contributed by atoms with Crippen molar-refractivity contribution in [2.75, 3.05) is 20.8 Å². The highest BCUT2D eigenvalue weighted by Crippen LogP contribution is 2.31. The van der Waals surface area contributed by atoms with Crippen LogP contribution in [0.3, 0.4) is 0 Å². The van der Waals surface area contributed by atoms with Gasteiger partial charge in [-0.3, -0.25) is 0 Å². The van der Waals surface area contributed by atoms with Gasteiger partial charge in [-0.15, -0.1) is 37.1 Å². The first-order valence-corrected chi connectivity index (χ1v) is 8.93. The summed E-state index contributed by atoms with van der Waals surface area (Å²) in [5.74, 6) is 1.37. The molecule has 0 aliphatic heterocycles. The molecule has 30 heavy (non-hydrogen) atoms. The Balaban J connectivity index is 0.00000450. The third kappa shape index (κ3) is 7.81. The SMILES string of the molecule is CCNC(=NCc1cccc(OC)c1OC)NCc1ccccc1OC(F)(F)F.I. The largest absolute Gasteiger partial charge is 0.573 e. The maximum atomic E-state index is 12.6. The number of nitrogens with one attached hydrogen (secondary N) is 2. The molecule has 6 nitrogen and oxygen atoms in total. The maximum Gasteiger partial charge on any atom is 0.573 e. The number of ether oxygens (including phenoxy) is 3. The Bertz CT molecular complexity index is 832. The minimum absolute atomic E-state index is 0. The van der Waals surface area contributed by atoms with Crippen LogP contribution in [0.2, 0.25) is 0 Å². The van der Waals surface area contributed by atoms with Crippen LogP contribution in [0, 0.1) is 0 Å². The molecule has 2 rings (SSSR count). The van der Waals surface area contributed by atoms with Gasteiger partial charge in [-0.05, 0) is 19.1 Å². The van der Waals surface area contributed by atoms with Crippen LogP contribution in [-0.4, -0.2) is 33.1 Å². The first-order valence-electron chi connectivity index (χ1n) is 8.93. The third-order valence-corrected chi connectivity index (χ3v) is 3.88. The number of hydrogen-bond donors (Lipinski definition) is 2. The number of alkyl halides is 3. The molecule has 0 saturated carbocycles. The van der Waals surface area contributed by atoms with E-state index in [-0.39, 0.29) is 42.8 Å². The van der Waals surface area contributed by atoms with Crippen molar-refractivity contribution in [2.24, 2.45) is 4.99 Å². The molecular formula is C20H25F3IN3O3. The second-order valence-electron chi connectivity index (χ2n) is 5.86. The number of hydrogen-bond acceptors (Lipinski definition) is 4. The van der Waals surface area contributed by atoms with Crippen molar-refractivity contribution in [1.29, 1.82) is 0 Å². The van der Waals surface area contributed by atoms with Crippen LogP contribution >= 0.6 is 24.0 Å². The summed E-state index contributed by atoms with van der Waals surface area (Å²) in [5, 5.41) is 6.08. The van der Waals surface area contributed by atoms with E-state index < -0.39 is 6.36 Å². The number of guanidine groups is 1. The van der Waals surface area contributed by atoms with Crippen molar-refractivity contribution in [3.63, 3.8) is 0 Å². The lowest BCUT2D eigenvalue weighted by Crippen LogP contribution is -2.37. The zero-order valence-electron chi connectivity index (χ0n) is 16.9. The van der Waals surface area contributed by atoms with Crippen molar-refractivity contribution in [1.82, 2.24) is 10.6 Å². The minimum atomic E-state index is -4.75. The Morgan fingerprint density at radius 1 is 0.933 bits per heavy atom. The predicted molar refractivity (Wildman–Crippen MR) is 120 cm³/mol. The average Bonchev–Trinajstić information content (AvgIpc) is 2.69. The summed E-state index contributed by atoms with van der Waals surface area (Å²) < 4.78 is 52.5. The zero-order valence-corrected chi connectivity index (χ0v) is 19.2. The minimum Gasteiger partial charge on any atom is -0.493 e. The number of rotatable bonds is 8. The highest BCUT2D eigenvalue weighted by atomic mass is 127. The normalized spacial score (nSPS) is 11.3. The van der Waals surface area contributed by atoms with E-state index in [1.165, 1.54) is 12.1 Å². The quantitative estimate of drug-likeness (QED) is 0.295. The zero-order chi connectivity index (χ0) is 21.3. The molecule has 2 aromatic carbocycles. The second-order valence-corrected chi connectivity index (χ2v) is 5.86. The van der Waals surface area contributed by atoms with Crippen molar-refractivity contribution in [3.8, 4) is 17.2 Å². The van der Waals surface area contributed by atoms with Crippen LogP contribution in [0.5, 0.6) is 17.2 Å². The van der Waals surface area contributed by atoms with E-state index in [4.69, 9.17) is 9.47 Å². The van der Waals surface area contributed by atoms with Crippen LogP contribution in [0.4, 0.5) is 13.2 Å². The molecular weight excluding hydrogens is 514 g/mol. The fourth-order valence-electron chi connectivity index (χ4n) is 2.64. The van der Waals surface area contributed by atoms with E-state index in [0.717, 1.165) is 5.56 Å². The Labute approximate surface area is 190 Å². The molecule has 0 atom stereocenters. The lowest BCUT2D eigenvalue weighted by Gasteiger charge is -2.16. The van der Waals surface area contributed by atoms with Crippen molar-refractivity contribution in [3.05, 3.63) is 53.6 Å². The molecule has 0 heterocycles. The predicted octanol–water partition coefficient (Wildman–Crippen LogP) is 4.48. The van der Waals surface area contributed by atoms with Gasteiger partial charge in [0.2, 0.25) is 0 Å². The number of aliphatic imine (C=N–C) groups is 1. The fourth-order valence-corrected chi connectivity index (χ4v) is 2.64. The van der Waals surface area contributed by atoms with Gasteiger partial charge in [0.15, 0.2) is 17.5 Å². The summed E-state index contributed by atoms with van der Waals surface area (Å²) in [6.07, 6.45) is -4.75. The summed E-state index contributed by atoms with van der Waals surface area (Å²) in [6.45, 7) is 2.87. The van der Waals surface area contributed by atoms with E-state index in [9.17, 15) is 13.2 Å². The average molecular weight is 539 g/mol. The molecule has 0 aliphatic carbocycles. The maximum absolute atomic E-state index is 12.6. The summed E-state index contributed by atoms with van der Waals surface area (Å²) in [5.41, 5.74) is 1.17. The van der Waals surface area contributed by atoms with E-state index in [2.05, 4.69) is 20.4 Å². The van der Waals surface area contributed by atoms with E-state index >= 15 is 0 Å². The first-order chi connectivity index (χ1) is 13.9. The van der Waals surface area contributed by atoms with Gasteiger partial charge in [-0.25, -0.2) is 4.99 Å². The molecule has 0 unspecified atom stereocenters. The van der Waals surface area contributed by atoms with Gasteiger partial charge in [-0.1, -0.05) is 30.3 Å².